The first-order valence-corrected chi connectivity index (χ1v) is 10.0. The number of aryl methyl sites for hydroxylation is 1. The van der Waals surface area contributed by atoms with Gasteiger partial charge in [0.15, 0.2) is 5.76 Å². The summed E-state index contributed by atoms with van der Waals surface area (Å²) in [6.45, 7) is 8.69. The molecule has 0 spiro atoms. The van der Waals surface area contributed by atoms with Crippen molar-refractivity contribution in [2.75, 3.05) is 0 Å². The molecule has 140 valence electrons. The lowest BCUT2D eigenvalue weighted by Gasteiger charge is -2.18. The Balaban J connectivity index is 1.60. The third-order valence-electron chi connectivity index (χ3n) is 5.04. The van der Waals surface area contributed by atoms with Crippen molar-refractivity contribution in [3.05, 3.63) is 59.7 Å². The monoisotopic (exact) mass is 388 g/mol. The van der Waals surface area contributed by atoms with Crippen molar-refractivity contribution in [2.45, 2.75) is 33.1 Å². The van der Waals surface area contributed by atoms with Crippen LogP contribution in [0.1, 0.15) is 31.9 Å². The van der Waals surface area contributed by atoms with Crippen LogP contribution in [0.5, 0.6) is 0 Å². The molecule has 0 saturated carbocycles. The van der Waals surface area contributed by atoms with Crippen molar-refractivity contribution in [1.82, 2.24) is 19.8 Å². The number of para-hydroxylation sites is 1. The summed E-state index contributed by atoms with van der Waals surface area (Å²) in [6, 6.07) is 16.6. The van der Waals surface area contributed by atoms with Crippen LogP contribution in [-0.2, 0) is 5.41 Å². The summed E-state index contributed by atoms with van der Waals surface area (Å²) in [6.07, 6.45) is 0. The second kappa shape index (κ2) is 6.01. The molecule has 0 bridgehead atoms. The van der Waals surface area contributed by atoms with Gasteiger partial charge >= 0.3 is 0 Å². The van der Waals surface area contributed by atoms with Gasteiger partial charge in [-0.25, -0.2) is 0 Å². The van der Waals surface area contributed by atoms with E-state index in [4.69, 9.17) is 9.52 Å². The van der Waals surface area contributed by atoms with Gasteiger partial charge in [-0.2, -0.15) is 9.61 Å². The number of benzene rings is 2. The molecule has 6 heteroatoms. The lowest BCUT2D eigenvalue weighted by Crippen LogP contribution is -2.10. The predicted octanol–water partition coefficient (Wildman–Crippen LogP) is 5.87. The van der Waals surface area contributed by atoms with E-state index in [1.54, 1.807) is 4.52 Å². The fourth-order valence-corrected chi connectivity index (χ4v) is 4.22. The molecule has 0 N–H and O–H groups in total. The maximum Gasteiger partial charge on any atom is 0.235 e. The van der Waals surface area contributed by atoms with Crippen LogP contribution >= 0.6 is 11.3 Å². The third-order valence-corrected chi connectivity index (χ3v) is 5.98. The average Bonchev–Trinajstić information content (AvgIpc) is 3.34. The molecule has 0 unspecified atom stereocenters. The SMILES string of the molecule is Cc1c(-c2nnc3sc(-c4ccc(C(C)(C)C)cc4)nn23)oc2ccccc12. The number of hydrogen-bond acceptors (Lipinski definition) is 5. The molecule has 0 atom stereocenters. The number of hydrogen-bond donors (Lipinski definition) is 0. The second-order valence-corrected chi connectivity index (χ2v) is 8.96. The molecule has 0 aliphatic carbocycles. The van der Waals surface area contributed by atoms with Gasteiger partial charge in [-0.05, 0) is 24.0 Å². The molecule has 0 aliphatic rings. The van der Waals surface area contributed by atoms with E-state index >= 15 is 0 Å². The zero-order chi connectivity index (χ0) is 19.5. The van der Waals surface area contributed by atoms with Crippen molar-refractivity contribution in [1.29, 1.82) is 0 Å². The zero-order valence-electron chi connectivity index (χ0n) is 16.2. The smallest absolute Gasteiger partial charge is 0.235 e. The molecule has 0 aliphatic heterocycles. The summed E-state index contributed by atoms with van der Waals surface area (Å²) in [4.78, 5) is 0.754. The van der Waals surface area contributed by atoms with Gasteiger partial charge in [0.1, 0.15) is 10.6 Å². The fraction of sp³-hybridized carbons (Fsp3) is 0.227. The molecule has 3 aromatic heterocycles. The highest BCUT2D eigenvalue weighted by Gasteiger charge is 2.21. The molecule has 5 aromatic rings. The molecule has 0 radical (unpaired) electrons. The molecule has 2 aromatic carbocycles. The summed E-state index contributed by atoms with van der Waals surface area (Å²) >= 11 is 1.53. The lowest BCUT2D eigenvalue weighted by atomic mass is 9.87. The van der Waals surface area contributed by atoms with Gasteiger partial charge in [-0.1, -0.05) is 74.6 Å². The number of nitrogens with zero attached hydrogens (tertiary/aromatic N) is 4. The van der Waals surface area contributed by atoms with Gasteiger partial charge < -0.3 is 4.42 Å². The first-order chi connectivity index (χ1) is 13.4. The summed E-state index contributed by atoms with van der Waals surface area (Å²) in [5.74, 6) is 1.35. The highest BCUT2D eigenvalue weighted by atomic mass is 32.1. The van der Waals surface area contributed by atoms with E-state index in [9.17, 15) is 0 Å². The Morgan fingerprint density at radius 1 is 0.964 bits per heavy atom. The van der Waals surface area contributed by atoms with Crippen molar-refractivity contribution >= 4 is 27.3 Å². The molecule has 5 nitrogen and oxygen atoms in total. The van der Waals surface area contributed by atoms with Crippen molar-refractivity contribution in [3.63, 3.8) is 0 Å². The maximum atomic E-state index is 6.06. The van der Waals surface area contributed by atoms with Crippen LogP contribution in [0.2, 0.25) is 0 Å². The standard InChI is InChI=1S/C22H20N4OS/c1-13-16-7-5-6-8-17(16)27-18(13)19-23-24-21-26(19)25-20(28-21)14-9-11-15(12-10-14)22(2,3)4/h5-12H,1-4H3. The minimum atomic E-state index is 0.131. The Labute approximate surface area is 166 Å². The predicted molar refractivity (Wildman–Crippen MR) is 113 cm³/mol. The van der Waals surface area contributed by atoms with Gasteiger partial charge in [0.05, 0.1) is 0 Å². The minimum Gasteiger partial charge on any atom is -0.452 e. The summed E-state index contributed by atoms with van der Waals surface area (Å²) in [7, 11) is 0. The number of furan rings is 1. The highest BCUT2D eigenvalue weighted by Crippen LogP contribution is 2.34. The molecule has 28 heavy (non-hydrogen) atoms. The van der Waals surface area contributed by atoms with Crippen LogP contribution in [-0.4, -0.2) is 19.8 Å². The average molecular weight is 388 g/mol. The van der Waals surface area contributed by atoms with Crippen molar-refractivity contribution in [3.8, 4) is 22.2 Å². The Morgan fingerprint density at radius 2 is 1.71 bits per heavy atom. The van der Waals surface area contributed by atoms with Gasteiger partial charge in [-0.15, -0.1) is 10.2 Å². The van der Waals surface area contributed by atoms with Crippen molar-refractivity contribution < 1.29 is 4.42 Å². The molecule has 5 rings (SSSR count). The summed E-state index contributed by atoms with van der Waals surface area (Å²) < 4.78 is 7.84. The first kappa shape index (κ1) is 17.1. The van der Waals surface area contributed by atoms with Crippen LogP contribution in [0.15, 0.2) is 52.9 Å². The van der Waals surface area contributed by atoms with E-state index < -0.39 is 0 Å². The van der Waals surface area contributed by atoms with Crippen LogP contribution in [0.3, 0.4) is 0 Å². The van der Waals surface area contributed by atoms with E-state index in [-0.39, 0.29) is 5.41 Å². The van der Waals surface area contributed by atoms with E-state index in [1.807, 2.05) is 25.1 Å². The van der Waals surface area contributed by atoms with Crippen LogP contribution in [0.25, 0.3) is 38.1 Å². The molecule has 0 fully saturated rings. The lowest BCUT2D eigenvalue weighted by molar-refractivity contribution is 0.590. The molecule has 0 saturated heterocycles. The highest BCUT2D eigenvalue weighted by molar-refractivity contribution is 7.19. The topological polar surface area (TPSA) is 56.2 Å². The normalized spacial score (nSPS) is 12.3. The number of fused-ring (bicyclic) bond motifs is 2. The summed E-state index contributed by atoms with van der Waals surface area (Å²) in [5, 5.41) is 15.4. The quantitative estimate of drug-likeness (QED) is 0.379. The van der Waals surface area contributed by atoms with Gasteiger partial charge in [0.25, 0.3) is 0 Å². The largest absolute Gasteiger partial charge is 0.452 e. The van der Waals surface area contributed by atoms with Crippen LogP contribution in [0, 0.1) is 6.92 Å². The van der Waals surface area contributed by atoms with E-state index in [0.717, 1.165) is 32.1 Å². The number of aromatic nitrogens is 4. The van der Waals surface area contributed by atoms with E-state index in [1.165, 1.54) is 16.9 Å². The van der Waals surface area contributed by atoms with Gasteiger partial charge in [0, 0.05) is 16.5 Å². The van der Waals surface area contributed by atoms with Gasteiger partial charge in [-0.3, -0.25) is 0 Å². The molecular weight excluding hydrogens is 368 g/mol. The fourth-order valence-electron chi connectivity index (χ4n) is 3.38. The van der Waals surface area contributed by atoms with Crippen LogP contribution in [0.4, 0.5) is 0 Å². The first-order valence-electron chi connectivity index (χ1n) is 9.23. The third kappa shape index (κ3) is 2.64. The Bertz CT molecular complexity index is 1300. The summed E-state index contributed by atoms with van der Waals surface area (Å²) in [5.41, 5.74) is 4.41. The van der Waals surface area contributed by atoms with Crippen molar-refractivity contribution in [2.24, 2.45) is 0 Å². The Hall–Kier alpha value is -2.99. The Morgan fingerprint density at radius 3 is 2.43 bits per heavy atom. The minimum absolute atomic E-state index is 0.131. The second-order valence-electron chi connectivity index (χ2n) is 8.00. The van der Waals surface area contributed by atoms with E-state index in [0.29, 0.717) is 11.6 Å². The maximum absolute atomic E-state index is 6.06. The molecule has 3 heterocycles. The Kier molecular flexibility index (Phi) is 3.67. The van der Waals surface area contributed by atoms with Crippen LogP contribution < -0.4 is 0 Å². The van der Waals surface area contributed by atoms with E-state index in [2.05, 4.69) is 61.3 Å². The zero-order valence-corrected chi connectivity index (χ0v) is 17.0. The molecular formula is C22H20N4OS. The molecule has 0 amide bonds. The van der Waals surface area contributed by atoms with Gasteiger partial charge in [0.2, 0.25) is 10.8 Å². The number of rotatable bonds is 2.